The van der Waals surface area contributed by atoms with Gasteiger partial charge in [-0.2, -0.15) is 4.31 Å². The summed E-state index contributed by atoms with van der Waals surface area (Å²) in [6.07, 6.45) is 4.75. The largest absolute Gasteiger partial charge is 0.372 e. The van der Waals surface area contributed by atoms with Crippen LogP contribution in [0.4, 0.5) is 0 Å². The molecule has 3 aromatic rings. The molecule has 1 aliphatic carbocycles. The van der Waals surface area contributed by atoms with Gasteiger partial charge < -0.3 is 9.30 Å². The minimum atomic E-state index is -3.83. The van der Waals surface area contributed by atoms with Crippen LogP contribution in [0, 0.1) is 6.92 Å². The maximum Gasteiger partial charge on any atom is 0.243 e. The Hall–Kier alpha value is -2.50. The SMILES string of the molecule is Cc1ccc(S(=O)(=O)N(CC(=C2CCCCC2)P(=O)(c2ccccc2)c2ccccc2)CC2CO2)cc1. The minimum absolute atomic E-state index is 0.0898. The number of hydrogen-bond acceptors (Lipinski definition) is 4. The molecule has 7 heteroatoms. The first kappa shape index (κ1) is 26.1. The molecule has 0 N–H and O–H groups in total. The van der Waals surface area contributed by atoms with Crippen LogP contribution in [-0.2, 0) is 19.3 Å². The summed E-state index contributed by atoms with van der Waals surface area (Å²) in [5, 5.41) is 2.25. The molecule has 0 spiro atoms. The van der Waals surface area contributed by atoms with E-state index in [1.165, 1.54) is 4.31 Å². The number of rotatable bonds is 9. The number of epoxide rings is 1. The number of hydrogen-bond donors (Lipinski definition) is 0. The lowest BCUT2D eigenvalue weighted by molar-refractivity contribution is 0.346. The van der Waals surface area contributed by atoms with E-state index in [0.29, 0.717) is 6.61 Å². The number of aryl methyl sites for hydroxylation is 1. The van der Waals surface area contributed by atoms with Crippen LogP contribution >= 0.6 is 7.14 Å². The first-order valence-corrected chi connectivity index (χ1v) is 16.1. The van der Waals surface area contributed by atoms with Crippen molar-refractivity contribution < 1.29 is 17.7 Å². The topological polar surface area (TPSA) is 67.0 Å². The van der Waals surface area contributed by atoms with E-state index in [-0.39, 0.29) is 24.1 Å². The molecule has 37 heavy (non-hydrogen) atoms. The summed E-state index contributed by atoms with van der Waals surface area (Å²) in [5.74, 6) is 0. The molecule has 1 saturated heterocycles. The molecular formula is C30H34NO4PS. The smallest absolute Gasteiger partial charge is 0.243 e. The van der Waals surface area contributed by atoms with E-state index in [2.05, 4.69) is 0 Å². The maximum absolute atomic E-state index is 15.5. The molecule has 1 atom stereocenters. The van der Waals surface area contributed by atoms with Crippen LogP contribution < -0.4 is 10.6 Å². The van der Waals surface area contributed by atoms with Crippen molar-refractivity contribution in [2.45, 2.75) is 50.0 Å². The Morgan fingerprint density at radius 3 is 1.92 bits per heavy atom. The molecule has 1 heterocycles. The van der Waals surface area contributed by atoms with Crippen molar-refractivity contribution in [2.75, 3.05) is 19.7 Å². The van der Waals surface area contributed by atoms with Gasteiger partial charge in [0.15, 0.2) is 7.14 Å². The number of benzene rings is 3. The second kappa shape index (κ2) is 11.1. The van der Waals surface area contributed by atoms with Gasteiger partial charge in [0, 0.05) is 29.0 Å². The van der Waals surface area contributed by atoms with Crippen LogP contribution in [0.15, 0.2) is 101 Å². The highest BCUT2D eigenvalue weighted by molar-refractivity contribution is 7.89. The normalized spacial score (nSPS) is 18.1. The van der Waals surface area contributed by atoms with Gasteiger partial charge in [0.25, 0.3) is 0 Å². The molecule has 0 radical (unpaired) electrons. The highest BCUT2D eigenvalue weighted by atomic mass is 32.2. The van der Waals surface area contributed by atoms with E-state index in [1.54, 1.807) is 12.1 Å². The minimum Gasteiger partial charge on any atom is -0.372 e. The van der Waals surface area contributed by atoms with Gasteiger partial charge in [-0.25, -0.2) is 8.42 Å². The van der Waals surface area contributed by atoms with E-state index in [1.807, 2.05) is 79.7 Å². The molecule has 5 rings (SSSR count). The number of allylic oxidation sites excluding steroid dienone is 1. The van der Waals surface area contributed by atoms with Crippen molar-refractivity contribution in [3.05, 3.63) is 101 Å². The third-order valence-electron chi connectivity index (χ3n) is 7.28. The van der Waals surface area contributed by atoms with E-state index in [4.69, 9.17) is 4.74 Å². The molecule has 0 amide bonds. The molecule has 2 aliphatic rings. The Kier molecular flexibility index (Phi) is 7.83. The van der Waals surface area contributed by atoms with Gasteiger partial charge in [-0.3, -0.25) is 0 Å². The summed E-state index contributed by atoms with van der Waals surface area (Å²) in [6, 6.07) is 26.1. The van der Waals surface area contributed by atoms with Gasteiger partial charge in [0.2, 0.25) is 10.0 Å². The van der Waals surface area contributed by atoms with Crippen LogP contribution in [0.3, 0.4) is 0 Å². The van der Waals surface area contributed by atoms with Gasteiger partial charge >= 0.3 is 0 Å². The Morgan fingerprint density at radius 1 is 0.865 bits per heavy atom. The zero-order chi connectivity index (χ0) is 25.9. The Morgan fingerprint density at radius 2 is 1.41 bits per heavy atom. The lowest BCUT2D eigenvalue weighted by atomic mass is 9.94. The second-order valence-corrected chi connectivity index (χ2v) is 14.7. The van der Waals surface area contributed by atoms with Gasteiger partial charge in [-0.05, 0) is 44.7 Å². The van der Waals surface area contributed by atoms with Crippen molar-refractivity contribution in [1.29, 1.82) is 0 Å². The average Bonchev–Trinajstić information content (AvgIpc) is 3.76. The van der Waals surface area contributed by atoms with E-state index in [9.17, 15) is 8.42 Å². The third-order valence-corrected chi connectivity index (χ3v) is 12.4. The van der Waals surface area contributed by atoms with Crippen LogP contribution in [0.5, 0.6) is 0 Å². The summed E-state index contributed by atoms with van der Waals surface area (Å²) in [7, 11) is -7.15. The fourth-order valence-electron chi connectivity index (χ4n) is 5.11. The summed E-state index contributed by atoms with van der Waals surface area (Å²) >= 11 is 0. The van der Waals surface area contributed by atoms with Crippen LogP contribution in [0.25, 0.3) is 0 Å². The van der Waals surface area contributed by atoms with Crippen molar-refractivity contribution in [3.63, 3.8) is 0 Å². The first-order valence-electron chi connectivity index (χ1n) is 13.0. The molecule has 1 unspecified atom stereocenters. The van der Waals surface area contributed by atoms with E-state index < -0.39 is 17.2 Å². The molecule has 0 aromatic heterocycles. The first-order chi connectivity index (χ1) is 17.9. The molecule has 3 aromatic carbocycles. The van der Waals surface area contributed by atoms with Crippen molar-refractivity contribution >= 4 is 27.8 Å². The predicted octanol–water partition coefficient (Wildman–Crippen LogP) is 5.62. The molecular weight excluding hydrogens is 501 g/mol. The van der Waals surface area contributed by atoms with Gasteiger partial charge in [-0.1, -0.05) is 90.4 Å². The standard InChI is InChI=1S/C30H34NO4PS/c1-24-17-19-29(20-18-24)37(33,34)31(21-26-23-35-26)22-30(25-11-5-2-6-12-25)36(32,27-13-7-3-8-14-27)28-15-9-4-10-16-28/h3-4,7-10,13-20,26H,2,5-6,11-12,21-23H2,1H3. The monoisotopic (exact) mass is 535 g/mol. The Bertz CT molecular complexity index is 1350. The molecule has 1 aliphatic heterocycles. The number of sulfonamides is 1. The highest BCUT2D eigenvalue weighted by Gasteiger charge is 2.39. The summed E-state index contributed by atoms with van der Waals surface area (Å²) in [4.78, 5) is 0.251. The zero-order valence-corrected chi connectivity index (χ0v) is 23.0. The Labute approximate surface area is 220 Å². The van der Waals surface area contributed by atoms with Gasteiger partial charge in [-0.15, -0.1) is 0 Å². The molecule has 194 valence electrons. The fraction of sp³-hybridized carbons (Fsp3) is 0.333. The summed E-state index contributed by atoms with van der Waals surface area (Å²) in [6.45, 7) is 2.82. The predicted molar refractivity (Wildman–Crippen MR) is 150 cm³/mol. The quantitative estimate of drug-likeness (QED) is 0.264. The van der Waals surface area contributed by atoms with E-state index >= 15 is 4.57 Å². The maximum atomic E-state index is 15.5. The lowest BCUT2D eigenvalue weighted by Crippen LogP contribution is -2.37. The average molecular weight is 536 g/mol. The lowest BCUT2D eigenvalue weighted by Gasteiger charge is -2.31. The summed E-state index contributed by atoms with van der Waals surface area (Å²) < 4.78 is 50.4. The highest BCUT2D eigenvalue weighted by Crippen LogP contribution is 2.55. The van der Waals surface area contributed by atoms with Crippen LogP contribution in [0.1, 0.15) is 37.7 Å². The van der Waals surface area contributed by atoms with Crippen molar-refractivity contribution in [3.8, 4) is 0 Å². The Balaban J connectivity index is 1.67. The summed E-state index contributed by atoms with van der Waals surface area (Å²) in [5.41, 5.74) is 2.14. The third kappa shape index (κ3) is 5.68. The van der Waals surface area contributed by atoms with Gasteiger partial charge in [0.1, 0.15) is 0 Å². The number of ether oxygens (including phenoxy) is 1. The molecule has 0 bridgehead atoms. The van der Waals surface area contributed by atoms with Crippen LogP contribution in [0.2, 0.25) is 0 Å². The van der Waals surface area contributed by atoms with Crippen molar-refractivity contribution in [2.24, 2.45) is 0 Å². The molecule has 1 saturated carbocycles. The molecule has 2 fully saturated rings. The van der Waals surface area contributed by atoms with E-state index in [0.717, 1.165) is 59.2 Å². The van der Waals surface area contributed by atoms with Crippen molar-refractivity contribution in [1.82, 2.24) is 4.31 Å². The van der Waals surface area contributed by atoms with Crippen LogP contribution in [-0.4, -0.2) is 38.5 Å². The van der Waals surface area contributed by atoms with Gasteiger partial charge in [0.05, 0.1) is 17.6 Å². The fourth-order valence-corrected chi connectivity index (χ4v) is 9.79. The second-order valence-electron chi connectivity index (χ2n) is 9.96. The number of nitrogens with zero attached hydrogens (tertiary/aromatic N) is 1. The molecule has 5 nitrogen and oxygen atoms in total. The zero-order valence-electron chi connectivity index (χ0n) is 21.3.